The van der Waals surface area contributed by atoms with Gasteiger partial charge in [0.2, 0.25) is 5.91 Å². The highest BCUT2D eigenvalue weighted by molar-refractivity contribution is 5.98. The molecule has 1 saturated carbocycles. The van der Waals surface area contributed by atoms with Crippen LogP contribution in [0, 0.1) is 11.7 Å². The lowest BCUT2D eigenvalue weighted by Crippen LogP contribution is -2.32. The molecule has 1 fully saturated rings. The van der Waals surface area contributed by atoms with E-state index in [-0.39, 0.29) is 48.5 Å². The molecule has 1 aliphatic heterocycles. The maximum Gasteiger partial charge on any atom is 0.280 e. The van der Waals surface area contributed by atoms with Crippen LogP contribution in [0.15, 0.2) is 29.2 Å². The summed E-state index contributed by atoms with van der Waals surface area (Å²) in [6.45, 7) is 2.56. The molecule has 2 aliphatic rings. The quantitative estimate of drug-likeness (QED) is 0.558. The summed E-state index contributed by atoms with van der Waals surface area (Å²) in [5, 5.41) is 7.03. The predicted molar refractivity (Wildman–Crippen MR) is 130 cm³/mol. The molecule has 0 unspecified atom stereocenters. The Balaban J connectivity index is 0.00000289. The van der Waals surface area contributed by atoms with E-state index in [4.69, 9.17) is 0 Å². The van der Waals surface area contributed by atoms with Crippen LogP contribution < -0.4 is 10.9 Å². The second-order valence-corrected chi connectivity index (χ2v) is 9.08. The number of halogens is 2. The Morgan fingerprint density at radius 2 is 1.97 bits per heavy atom. The molecule has 9 nitrogen and oxygen atoms in total. The van der Waals surface area contributed by atoms with Crippen LogP contribution in [0.2, 0.25) is 0 Å². The number of carbonyl (C=O) groups is 2. The van der Waals surface area contributed by atoms with Gasteiger partial charge in [0, 0.05) is 12.6 Å². The number of aromatic nitrogens is 4. The lowest BCUT2D eigenvalue weighted by Gasteiger charge is -2.26. The van der Waals surface area contributed by atoms with Crippen molar-refractivity contribution < 1.29 is 14.0 Å². The van der Waals surface area contributed by atoms with E-state index in [9.17, 15) is 18.8 Å². The van der Waals surface area contributed by atoms with Gasteiger partial charge in [-0.2, -0.15) is 9.61 Å². The van der Waals surface area contributed by atoms with Crippen molar-refractivity contribution in [3.05, 3.63) is 57.5 Å². The first-order chi connectivity index (χ1) is 16.4. The maximum absolute atomic E-state index is 13.5. The number of hydrogen-bond donors (Lipinski definition) is 1. The Morgan fingerprint density at radius 3 is 2.66 bits per heavy atom. The molecule has 5 rings (SSSR count). The lowest BCUT2D eigenvalue weighted by molar-refractivity contribution is -0.116. The van der Waals surface area contributed by atoms with Crippen molar-refractivity contribution >= 4 is 35.7 Å². The Bertz CT molecular complexity index is 1310. The van der Waals surface area contributed by atoms with Gasteiger partial charge in [-0.05, 0) is 37.3 Å². The van der Waals surface area contributed by atoms with Crippen LogP contribution in [-0.4, -0.2) is 42.4 Å². The minimum absolute atomic E-state index is 0. The summed E-state index contributed by atoms with van der Waals surface area (Å²) in [5.74, 6) is -0.544. The number of carbonyl (C=O) groups excluding carboxylic acids is 2. The van der Waals surface area contributed by atoms with Crippen molar-refractivity contribution in [1.82, 2.24) is 24.1 Å². The van der Waals surface area contributed by atoms with Gasteiger partial charge in [-0.15, -0.1) is 12.4 Å². The van der Waals surface area contributed by atoms with Gasteiger partial charge >= 0.3 is 0 Å². The van der Waals surface area contributed by atoms with E-state index >= 15 is 0 Å². The van der Waals surface area contributed by atoms with Crippen LogP contribution in [0.3, 0.4) is 0 Å². The topological polar surface area (TPSA) is 102 Å². The van der Waals surface area contributed by atoms with Crippen molar-refractivity contribution in [3.63, 3.8) is 0 Å². The van der Waals surface area contributed by atoms with Crippen LogP contribution in [-0.2, 0) is 24.3 Å². The van der Waals surface area contributed by atoms with Crippen molar-refractivity contribution in [3.8, 4) is 0 Å². The van der Waals surface area contributed by atoms with E-state index in [1.54, 1.807) is 15.5 Å². The molecular formula is C24H28ClFN6O3. The van der Waals surface area contributed by atoms with Crippen molar-refractivity contribution in [2.45, 2.75) is 58.5 Å². The summed E-state index contributed by atoms with van der Waals surface area (Å²) in [6.07, 6.45) is 7.35. The summed E-state index contributed by atoms with van der Waals surface area (Å²) in [6, 6.07) is 4.31. The van der Waals surface area contributed by atoms with Crippen molar-refractivity contribution in [1.29, 1.82) is 0 Å². The highest BCUT2D eigenvalue weighted by atomic mass is 35.5. The Labute approximate surface area is 207 Å². The Morgan fingerprint density at radius 1 is 1.20 bits per heavy atom. The average Bonchev–Trinajstić information content (AvgIpc) is 3.41. The molecule has 0 atom stereocenters. The Hall–Kier alpha value is -3.27. The number of fused-ring (bicyclic) bond motifs is 2. The minimum atomic E-state index is -0.507. The number of rotatable bonds is 6. The van der Waals surface area contributed by atoms with E-state index in [2.05, 4.69) is 15.4 Å². The van der Waals surface area contributed by atoms with Gasteiger partial charge in [-0.3, -0.25) is 14.4 Å². The second-order valence-electron chi connectivity index (χ2n) is 9.08. The third-order valence-corrected chi connectivity index (χ3v) is 6.72. The van der Waals surface area contributed by atoms with Gasteiger partial charge in [0.1, 0.15) is 29.5 Å². The molecule has 1 aliphatic carbocycles. The van der Waals surface area contributed by atoms with Crippen LogP contribution in [0.1, 0.15) is 60.8 Å². The molecule has 3 aromatic heterocycles. The summed E-state index contributed by atoms with van der Waals surface area (Å²) in [5.41, 5.74) is 1.39. The van der Waals surface area contributed by atoms with Gasteiger partial charge in [0.15, 0.2) is 0 Å². The maximum atomic E-state index is 13.5. The monoisotopic (exact) mass is 502 g/mol. The first-order valence-corrected chi connectivity index (χ1v) is 11.8. The number of anilines is 1. The zero-order valence-corrected chi connectivity index (χ0v) is 20.3. The normalized spacial score (nSPS) is 15.8. The van der Waals surface area contributed by atoms with Crippen molar-refractivity contribution in [2.24, 2.45) is 5.92 Å². The molecule has 1 N–H and O–H groups in total. The largest absolute Gasteiger partial charge is 0.332 e. The van der Waals surface area contributed by atoms with Gasteiger partial charge in [0.05, 0.1) is 24.0 Å². The summed E-state index contributed by atoms with van der Waals surface area (Å²) in [7, 11) is 0. The molecule has 0 aromatic carbocycles. The van der Waals surface area contributed by atoms with Crippen molar-refractivity contribution in [2.75, 3.05) is 11.9 Å². The molecule has 3 aromatic rings. The first kappa shape index (κ1) is 24.8. The fraction of sp³-hybridized carbons (Fsp3) is 0.458. The highest BCUT2D eigenvalue weighted by Crippen LogP contribution is 2.29. The summed E-state index contributed by atoms with van der Waals surface area (Å²) < 4.78 is 16.0. The SMILES string of the molecule is CCc1cc2n(CC(=O)Nc3ccc(F)cn3)c3c(c(=O)n2n1)CN(CC1CCCCC1)C3=O.Cl. The summed E-state index contributed by atoms with van der Waals surface area (Å²) in [4.78, 5) is 45.2. The molecule has 0 radical (unpaired) electrons. The number of nitrogens with zero attached hydrogens (tertiary/aromatic N) is 5. The first-order valence-electron chi connectivity index (χ1n) is 11.8. The molecule has 0 spiro atoms. The van der Waals surface area contributed by atoms with E-state index in [1.807, 2.05) is 6.92 Å². The third kappa shape index (κ3) is 4.80. The smallest absolute Gasteiger partial charge is 0.280 e. The standard InChI is InChI=1S/C24H27FN6O3.ClH/c1-2-17-10-21-30(14-20(32)27-19-9-8-16(25)11-26-19)22-18(23(33)31(21)28-17)13-29(24(22)34)12-15-6-4-3-5-7-15;/h8-11,15H,2-7,12-14H2,1H3,(H,26,27,32);1H. The number of amides is 2. The lowest BCUT2D eigenvalue weighted by atomic mass is 9.89. The van der Waals surface area contributed by atoms with E-state index in [0.717, 1.165) is 31.9 Å². The number of pyridine rings is 1. The molecule has 186 valence electrons. The average molecular weight is 503 g/mol. The zero-order chi connectivity index (χ0) is 23.8. The molecule has 2 amide bonds. The molecule has 0 saturated heterocycles. The van der Waals surface area contributed by atoms with Crippen LogP contribution >= 0.6 is 12.4 Å². The highest BCUT2D eigenvalue weighted by Gasteiger charge is 2.36. The van der Waals surface area contributed by atoms with Crippen LogP contribution in [0.25, 0.3) is 5.65 Å². The molecule has 0 bridgehead atoms. The Kier molecular flexibility index (Phi) is 7.20. The molecular weight excluding hydrogens is 475 g/mol. The van der Waals surface area contributed by atoms with Gasteiger partial charge in [-0.25, -0.2) is 9.37 Å². The number of nitrogens with one attached hydrogen (secondary N) is 1. The van der Waals surface area contributed by atoms with Crippen LogP contribution in [0.5, 0.6) is 0 Å². The van der Waals surface area contributed by atoms with E-state index < -0.39 is 11.7 Å². The van der Waals surface area contributed by atoms with Gasteiger partial charge < -0.3 is 14.8 Å². The number of hydrogen-bond acceptors (Lipinski definition) is 5. The predicted octanol–water partition coefficient (Wildman–Crippen LogP) is 3.19. The fourth-order valence-corrected chi connectivity index (χ4v) is 5.00. The second kappa shape index (κ2) is 10.2. The molecule has 11 heteroatoms. The summed E-state index contributed by atoms with van der Waals surface area (Å²) >= 11 is 0. The fourth-order valence-electron chi connectivity index (χ4n) is 5.00. The third-order valence-electron chi connectivity index (χ3n) is 6.72. The number of aryl methyl sites for hydroxylation is 1. The molecule has 4 heterocycles. The van der Waals surface area contributed by atoms with E-state index in [1.165, 1.54) is 23.1 Å². The van der Waals surface area contributed by atoms with E-state index in [0.29, 0.717) is 35.8 Å². The van der Waals surface area contributed by atoms with Gasteiger partial charge in [0.25, 0.3) is 11.5 Å². The zero-order valence-electron chi connectivity index (χ0n) is 19.5. The van der Waals surface area contributed by atoms with Crippen LogP contribution in [0.4, 0.5) is 10.2 Å². The molecule has 35 heavy (non-hydrogen) atoms. The minimum Gasteiger partial charge on any atom is -0.332 e. The van der Waals surface area contributed by atoms with Gasteiger partial charge in [-0.1, -0.05) is 26.2 Å².